The maximum Gasteiger partial charge on any atom is 0.338 e. The smallest absolute Gasteiger partial charge is 0.338 e. The van der Waals surface area contributed by atoms with Crippen molar-refractivity contribution in [3.8, 4) is 17.2 Å². The summed E-state index contributed by atoms with van der Waals surface area (Å²) in [5, 5.41) is 27.5. The number of halogens is 2. The second-order valence-electron chi connectivity index (χ2n) is 3.73. The minimum atomic E-state index is -0.881. The lowest BCUT2D eigenvalue weighted by Gasteiger charge is -2.06. The van der Waals surface area contributed by atoms with Crippen LogP contribution in [0.15, 0.2) is 12.1 Å². The summed E-state index contributed by atoms with van der Waals surface area (Å²) >= 11 is 11.1. The summed E-state index contributed by atoms with van der Waals surface area (Å²) in [5.74, 6) is -2.90. The van der Waals surface area contributed by atoms with E-state index in [1.807, 2.05) is 0 Å². The molecule has 0 radical (unpaired) electrons. The SMILES string of the molecule is O=C(OCc1nc(Cl)nc(Cl)n1)c1cc(O)c(O)c(O)c1. The molecule has 0 spiro atoms. The van der Waals surface area contributed by atoms with Crippen LogP contribution >= 0.6 is 23.2 Å². The fourth-order valence-corrected chi connectivity index (χ4v) is 1.76. The Balaban J connectivity index is 2.11. The number of rotatable bonds is 3. The molecule has 110 valence electrons. The molecule has 0 aliphatic rings. The van der Waals surface area contributed by atoms with Crippen LogP contribution in [0.2, 0.25) is 10.6 Å². The number of carbonyl (C=O) groups excluding carboxylic acids is 1. The van der Waals surface area contributed by atoms with Crippen LogP contribution < -0.4 is 0 Å². The lowest BCUT2D eigenvalue weighted by Crippen LogP contribution is -2.08. The van der Waals surface area contributed by atoms with Crippen molar-refractivity contribution >= 4 is 29.2 Å². The fraction of sp³-hybridized carbons (Fsp3) is 0.0909. The molecule has 10 heteroatoms. The molecule has 0 bridgehead atoms. The normalized spacial score (nSPS) is 10.4. The average molecular weight is 332 g/mol. The Labute approximate surface area is 127 Å². The van der Waals surface area contributed by atoms with E-state index in [1.54, 1.807) is 0 Å². The van der Waals surface area contributed by atoms with Gasteiger partial charge >= 0.3 is 5.97 Å². The zero-order chi connectivity index (χ0) is 15.6. The molecule has 0 atom stereocenters. The topological polar surface area (TPSA) is 126 Å². The molecule has 21 heavy (non-hydrogen) atoms. The Morgan fingerprint density at radius 2 is 1.57 bits per heavy atom. The van der Waals surface area contributed by atoms with E-state index in [0.29, 0.717) is 0 Å². The van der Waals surface area contributed by atoms with Gasteiger partial charge < -0.3 is 20.1 Å². The molecule has 1 heterocycles. The average Bonchev–Trinajstić information content (AvgIpc) is 2.40. The molecule has 0 saturated heterocycles. The maximum absolute atomic E-state index is 11.7. The predicted molar refractivity (Wildman–Crippen MR) is 70.4 cm³/mol. The van der Waals surface area contributed by atoms with Crippen molar-refractivity contribution in [2.75, 3.05) is 0 Å². The van der Waals surface area contributed by atoms with Crippen molar-refractivity contribution in [2.24, 2.45) is 0 Å². The monoisotopic (exact) mass is 331 g/mol. The summed E-state index contributed by atoms with van der Waals surface area (Å²) in [6, 6.07) is 1.87. The second kappa shape index (κ2) is 5.98. The van der Waals surface area contributed by atoms with E-state index < -0.39 is 23.2 Å². The Morgan fingerprint density at radius 1 is 1.05 bits per heavy atom. The number of aromatic nitrogens is 3. The highest BCUT2D eigenvalue weighted by Gasteiger charge is 2.15. The summed E-state index contributed by atoms with van der Waals surface area (Å²) in [6.45, 7) is -0.344. The number of aromatic hydroxyl groups is 3. The van der Waals surface area contributed by atoms with Crippen LogP contribution in [0.1, 0.15) is 16.2 Å². The first-order valence-corrected chi connectivity index (χ1v) is 6.10. The van der Waals surface area contributed by atoms with E-state index in [4.69, 9.17) is 27.9 Å². The highest BCUT2D eigenvalue weighted by molar-refractivity contribution is 6.30. The van der Waals surface area contributed by atoms with Crippen LogP contribution in [0.4, 0.5) is 0 Å². The molecular weight excluding hydrogens is 325 g/mol. The Hall–Kier alpha value is -2.32. The molecule has 3 N–H and O–H groups in total. The van der Waals surface area contributed by atoms with E-state index >= 15 is 0 Å². The lowest BCUT2D eigenvalue weighted by atomic mass is 10.2. The first-order chi connectivity index (χ1) is 9.86. The molecule has 0 aliphatic heterocycles. The Kier molecular flexibility index (Phi) is 4.29. The highest BCUT2D eigenvalue weighted by Crippen LogP contribution is 2.35. The van der Waals surface area contributed by atoms with Gasteiger partial charge in [0.15, 0.2) is 29.7 Å². The van der Waals surface area contributed by atoms with Gasteiger partial charge in [-0.15, -0.1) is 0 Å². The van der Waals surface area contributed by atoms with Crippen LogP contribution in [-0.4, -0.2) is 36.2 Å². The molecular formula is C11H7Cl2N3O5. The van der Waals surface area contributed by atoms with E-state index in [1.165, 1.54) is 0 Å². The molecule has 2 aromatic rings. The molecule has 1 aromatic heterocycles. The van der Waals surface area contributed by atoms with Gasteiger partial charge in [0, 0.05) is 0 Å². The van der Waals surface area contributed by atoms with Gasteiger partial charge in [0.25, 0.3) is 0 Å². The number of benzene rings is 1. The number of phenols is 3. The van der Waals surface area contributed by atoms with E-state index in [0.717, 1.165) is 12.1 Å². The molecule has 8 nitrogen and oxygen atoms in total. The lowest BCUT2D eigenvalue weighted by molar-refractivity contribution is 0.0461. The van der Waals surface area contributed by atoms with Gasteiger partial charge in [-0.2, -0.15) is 15.0 Å². The molecule has 0 saturated carbocycles. The summed E-state index contributed by atoms with van der Waals surface area (Å²) < 4.78 is 4.86. The van der Waals surface area contributed by atoms with Crippen molar-refractivity contribution in [3.05, 3.63) is 34.1 Å². The van der Waals surface area contributed by atoms with Gasteiger partial charge in [0.2, 0.25) is 10.6 Å². The standard InChI is InChI=1S/C11H7Cl2N3O5/c12-10-14-7(15-11(13)16-10)3-21-9(20)4-1-5(17)8(19)6(18)2-4/h1-2,17-19H,3H2. The van der Waals surface area contributed by atoms with Crippen LogP contribution in [0, 0.1) is 0 Å². The van der Waals surface area contributed by atoms with E-state index in [2.05, 4.69) is 15.0 Å². The number of carbonyl (C=O) groups is 1. The third-order valence-corrected chi connectivity index (χ3v) is 2.60. The van der Waals surface area contributed by atoms with Gasteiger partial charge in [-0.25, -0.2) is 4.79 Å². The third kappa shape index (κ3) is 3.61. The number of esters is 1. The maximum atomic E-state index is 11.7. The van der Waals surface area contributed by atoms with E-state index in [-0.39, 0.29) is 28.6 Å². The minimum Gasteiger partial charge on any atom is -0.504 e. The number of ether oxygens (including phenoxy) is 1. The molecule has 1 aromatic carbocycles. The molecule has 2 rings (SSSR count). The Bertz CT molecular complexity index is 667. The quantitative estimate of drug-likeness (QED) is 0.572. The van der Waals surface area contributed by atoms with Crippen molar-refractivity contribution in [2.45, 2.75) is 6.61 Å². The predicted octanol–water partition coefficient (Wildman–Crippen LogP) is 1.65. The van der Waals surface area contributed by atoms with Gasteiger partial charge in [-0.1, -0.05) is 0 Å². The van der Waals surface area contributed by atoms with Crippen LogP contribution in [0.5, 0.6) is 17.2 Å². The largest absolute Gasteiger partial charge is 0.504 e. The number of hydrogen-bond donors (Lipinski definition) is 3. The zero-order valence-corrected chi connectivity index (χ0v) is 11.6. The molecule has 0 amide bonds. The van der Waals surface area contributed by atoms with Crippen LogP contribution in [0.25, 0.3) is 0 Å². The molecule has 0 fully saturated rings. The minimum absolute atomic E-state index is 0.0283. The summed E-state index contributed by atoms with van der Waals surface area (Å²) in [5.41, 5.74) is -0.172. The Morgan fingerprint density at radius 3 is 2.10 bits per heavy atom. The van der Waals surface area contributed by atoms with Gasteiger partial charge in [0.05, 0.1) is 5.56 Å². The van der Waals surface area contributed by atoms with Crippen molar-refractivity contribution < 1.29 is 24.9 Å². The first-order valence-electron chi connectivity index (χ1n) is 5.35. The number of phenolic OH excluding ortho intramolecular Hbond substituents is 3. The summed E-state index contributed by atoms with van der Waals surface area (Å²) in [7, 11) is 0. The van der Waals surface area contributed by atoms with Crippen molar-refractivity contribution in [1.82, 2.24) is 15.0 Å². The van der Waals surface area contributed by atoms with E-state index in [9.17, 15) is 20.1 Å². The number of nitrogens with zero attached hydrogens (tertiary/aromatic N) is 3. The highest BCUT2D eigenvalue weighted by atomic mass is 35.5. The molecule has 0 unspecified atom stereocenters. The third-order valence-electron chi connectivity index (χ3n) is 2.26. The van der Waals surface area contributed by atoms with Crippen LogP contribution in [0.3, 0.4) is 0 Å². The summed E-state index contributed by atoms with van der Waals surface area (Å²) in [4.78, 5) is 22.7. The van der Waals surface area contributed by atoms with Gasteiger partial charge in [-0.3, -0.25) is 0 Å². The van der Waals surface area contributed by atoms with Gasteiger partial charge in [-0.05, 0) is 35.3 Å². The zero-order valence-electron chi connectivity index (χ0n) is 10.1. The number of hydrogen-bond acceptors (Lipinski definition) is 8. The first kappa shape index (κ1) is 15.1. The van der Waals surface area contributed by atoms with Crippen molar-refractivity contribution in [1.29, 1.82) is 0 Å². The molecule has 0 aliphatic carbocycles. The fourth-order valence-electron chi connectivity index (χ4n) is 1.36. The van der Waals surface area contributed by atoms with Crippen molar-refractivity contribution in [3.63, 3.8) is 0 Å². The summed E-state index contributed by atoms with van der Waals surface area (Å²) in [6.07, 6.45) is 0. The van der Waals surface area contributed by atoms with Crippen LogP contribution in [-0.2, 0) is 11.3 Å². The van der Waals surface area contributed by atoms with Gasteiger partial charge in [0.1, 0.15) is 0 Å². The second-order valence-corrected chi connectivity index (χ2v) is 4.41.